The molecule has 4 rings (SSSR count). The van der Waals surface area contributed by atoms with E-state index in [2.05, 4.69) is 34.2 Å². The minimum absolute atomic E-state index is 0.163. The fourth-order valence-corrected chi connectivity index (χ4v) is 1.66. The van der Waals surface area contributed by atoms with Gasteiger partial charge >= 0.3 is 0 Å². The van der Waals surface area contributed by atoms with Crippen molar-refractivity contribution in [3.8, 4) is 11.1 Å². The summed E-state index contributed by atoms with van der Waals surface area (Å²) in [6.45, 7) is 0. The highest BCUT2D eigenvalue weighted by molar-refractivity contribution is 5.80. The Kier molecular flexibility index (Phi) is 2.22. The summed E-state index contributed by atoms with van der Waals surface area (Å²) in [7, 11) is 0. The zero-order valence-electron chi connectivity index (χ0n) is 9.05. The van der Waals surface area contributed by atoms with E-state index >= 15 is 0 Å². The Labute approximate surface area is 97.8 Å². The molecule has 0 bridgehead atoms. The fourth-order valence-electron chi connectivity index (χ4n) is 1.66. The highest BCUT2D eigenvalue weighted by Crippen LogP contribution is 2.32. The number of H-pyrrole nitrogens is 1. The van der Waals surface area contributed by atoms with Crippen molar-refractivity contribution in [1.82, 2.24) is 9.97 Å². The molecule has 1 aromatic carbocycles. The van der Waals surface area contributed by atoms with Crippen LogP contribution in [0.3, 0.4) is 0 Å². The summed E-state index contributed by atoms with van der Waals surface area (Å²) in [5, 5.41) is 0. The van der Waals surface area contributed by atoms with Gasteiger partial charge in [0, 0.05) is 0 Å². The van der Waals surface area contributed by atoms with Gasteiger partial charge in [0.15, 0.2) is 0 Å². The maximum absolute atomic E-state index is 10.8. The summed E-state index contributed by atoms with van der Waals surface area (Å²) < 4.78 is 0. The second kappa shape index (κ2) is 3.87. The third-order valence-corrected chi connectivity index (χ3v) is 2.60. The van der Waals surface area contributed by atoms with Crippen LogP contribution >= 0.6 is 0 Å². The molecule has 0 spiro atoms. The van der Waals surface area contributed by atoms with E-state index < -0.39 is 0 Å². The molecular formula is C14H10N2O. The van der Waals surface area contributed by atoms with Crippen LogP contribution in [0.1, 0.15) is 0 Å². The number of aromatic nitrogens is 2. The molecule has 1 heterocycles. The van der Waals surface area contributed by atoms with Gasteiger partial charge in [-0.05, 0) is 29.3 Å². The largest absolute Gasteiger partial charge is 0.319 e. The molecule has 0 saturated heterocycles. The number of benzene rings is 2. The Bertz CT molecular complexity index is 714. The van der Waals surface area contributed by atoms with Gasteiger partial charge in [-0.15, -0.1) is 0 Å². The normalized spacial score (nSPS) is 10.6. The average molecular weight is 222 g/mol. The molecule has 82 valence electrons. The molecule has 2 aromatic rings. The maximum Gasteiger partial charge on any atom is 0.266 e. The van der Waals surface area contributed by atoms with Crippen LogP contribution in [0, 0.1) is 0 Å². The van der Waals surface area contributed by atoms with E-state index in [1.165, 1.54) is 17.3 Å². The number of para-hydroxylation sites is 2. The molecule has 1 N–H and O–H groups in total. The van der Waals surface area contributed by atoms with Gasteiger partial charge < -0.3 is 4.98 Å². The van der Waals surface area contributed by atoms with Crippen molar-refractivity contribution >= 4 is 11.0 Å². The van der Waals surface area contributed by atoms with Crippen molar-refractivity contribution in [1.29, 1.82) is 0 Å². The molecule has 0 saturated carbocycles. The van der Waals surface area contributed by atoms with Crippen LogP contribution in [0.4, 0.5) is 0 Å². The molecule has 17 heavy (non-hydrogen) atoms. The first kappa shape index (κ1) is 9.78. The highest BCUT2D eigenvalue weighted by atomic mass is 16.1. The summed E-state index contributed by atoms with van der Waals surface area (Å²) in [4.78, 5) is 17.4. The standard InChI is InChI=1S/C8H6N2O.C6H4/c11-8-5-9-6-3-1-2-4-7(6)10-8;1-2-5-4-6(5)3-1/h1-5H,(H,10,11);1-4H. The molecule has 0 unspecified atom stereocenters. The molecule has 2 aliphatic rings. The predicted molar refractivity (Wildman–Crippen MR) is 67.8 cm³/mol. The SMILES string of the molecule is O=c1cnc2ccccc2[nH]1.c1cc2cc-2c1. The lowest BCUT2D eigenvalue weighted by Crippen LogP contribution is -2.04. The van der Waals surface area contributed by atoms with Crippen molar-refractivity contribution in [2.75, 3.05) is 0 Å². The predicted octanol–water partition coefficient (Wildman–Crippen LogP) is 2.59. The quantitative estimate of drug-likeness (QED) is 0.497. The molecule has 3 nitrogen and oxygen atoms in total. The number of rotatable bonds is 0. The van der Waals surface area contributed by atoms with Crippen molar-refractivity contribution in [3.05, 3.63) is 65.1 Å². The van der Waals surface area contributed by atoms with Gasteiger partial charge in [-0.25, -0.2) is 4.98 Å². The van der Waals surface area contributed by atoms with Crippen LogP contribution in [0.15, 0.2) is 59.5 Å². The Morgan fingerprint density at radius 2 is 1.71 bits per heavy atom. The van der Waals surface area contributed by atoms with E-state index in [0.717, 1.165) is 11.0 Å². The van der Waals surface area contributed by atoms with Gasteiger partial charge in [0.25, 0.3) is 5.56 Å². The zero-order valence-corrected chi connectivity index (χ0v) is 9.05. The van der Waals surface area contributed by atoms with Crippen molar-refractivity contribution in [2.45, 2.75) is 0 Å². The van der Waals surface area contributed by atoms with Crippen LogP contribution < -0.4 is 5.56 Å². The number of nitrogens with zero attached hydrogens (tertiary/aromatic N) is 1. The summed E-state index contributed by atoms with van der Waals surface area (Å²) in [5.74, 6) is 0. The van der Waals surface area contributed by atoms with Crippen molar-refractivity contribution < 1.29 is 0 Å². The topological polar surface area (TPSA) is 45.8 Å². The lowest BCUT2D eigenvalue weighted by Gasteiger charge is -1.92. The average Bonchev–Trinajstić information content (AvgIpc) is 2.97. The third-order valence-electron chi connectivity index (χ3n) is 2.60. The number of hydrogen-bond donors (Lipinski definition) is 1. The molecule has 1 aromatic heterocycles. The lowest BCUT2D eigenvalue weighted by atomic mass is 10.3. The van der Waals surface area contributed by atoms with E-state index in [0.29, 0.717) is 0 Å². The Hall–Kier alpha value is -2.42. The van der Waals surface area contributed by atoms with Gasteiger partial charge in [0.2, 0.25) is 0 Å². The van der Waals surface area contributed by atoms with Crippen molar-refractivity contribution in [3.63, 3.8) is 0 Å². The van der Waals surface area contributed by atoms with Gasteiger partial charge in [0.05, 0.1) is 17.2 Å². The maximum atomic E-state index is 10.8. The lowest BCUT2D eigenvalue weighted by molar-refractivity contribution is 1.22. The van der Waals surface area contributed by atoms with Crippen LogP contribution in [0.2, 0.25) is 0 Å². The first-order valence-corrected chi connectivity index (χ1v) is 5.37. The Morgan fingerprint density at radius 3 is 2.35 bits per heavy atom. The summed E-state index contributed by atoms with van der Waals surface area (Å²) in [6, 6.07) is 15.9. The van der Waals surface area contributed by atoms with E-state index in [4.69, 9.17) is 0 Å². The summed E-state index contributed by atoms with van der Waals surface area (Å²) in [6.07, 6.45) is 1.28. The first-order valence-electron chi connectivity index (χ1n) is 5.37. The first-order chi connectivity index (χ1) is 8.33. The molecule has 0 aliphatic heterocycles. The Balaban J connectivity index is 0.000000125. The molecule has 2 aliphatic carbocycles. The monoisotopic (exact) mass is 222 g/mol. The highest BCUT2D eigenvalue weighted by Gasteiger charge is 2.06. The second-order valence-corrected chi connectivity index (χ2v) is 3.85. The smallest absolute Gasteiger partial charge is 0.266 e. The van der Waals surface area contributed by atoms with Gasteiger partial charge in [-0.2, -0.15) is 0 Å². The number of fused-ring (bicyclic) bond motifs is 2. The second-order valence-electron chi connectivity index (χ2n) is 3.85. The fraction of sp³-hybridized carbons (Fsp3) is 0. The van der Waals surface area contributed by atoms with Gasteiger partial charge in [-0.3, -0.25) is 4.79 Å². The number of aromatic amines is 1. The molecular weight excluding hydrogens is 212 g/mol. The van der Waals surface area contributed by atoms with Gasteiger partial charge in [-0.1, -0.05) is 30.3 Å². The van der Waals surface area contributed by atoms with E-state index in [1.54, 1.807) is 0 Å². The van der Waals surface area contributed by atoms with Crippen LogP contribution in [0.25, 0.3) is 22.2 Å². The molecule has 0 fully saturated rings. The van der Waals surface area contributed by atoms with E-state index in [9.17, 15) is 4.79 Å². The number of hydrogen-bond acceptors (Lipinski definition) is 2. The molecule has 0 amide bonds. The van der Waals surface area contributed by atoms with Crippen LogP contribution in [0.5, 0.6) is 0 Å². The molecule has 3 heteroatoms. The minimum Gasteiger partial charge on any atom is -0.319 e. The zero-order chi connectivity index (χ0) is 11.7. The molecule has 0 atom stereocenters. The molecule has 0 radical (unpaired) electrons. The van der Waals surface area contributed by atoms with Crippen LogP contribution in [-0.4, -0.2) is 9.97 Å². The summed E-state index contributed by atoms with van der Waals surface area (Å²) >= 11 is 0. The van der Waals surface area contributed by atoms with Crippen molar-refractivity contribution in [2.24, 2.45) is 0 Å². The third kappa shape index (κ3) is 2.08. The minimum atomic E-state index is -0.163. The van der Waals surface area contributed by atoms with Crippen LogP contribution in [-0.2, 0) is 0 Å². The van der Waals surface area contributed by atoms with Gasteiger partial charge in [0.1, 0.15) is 0 Å². The van der Waals surface area contributed by atoms with E-state index in [1.807, 2.05) is 24.3 Å². The Morgan fingerprint density at radius 1 is 0.941 bits per heavy atom. The number of nitrogens with one attached hydrogen (secondary N) is 1. The van der Waals surface area contributed by atoms with E-state index in [-0.39, 0.29) is 5.56 Å². The summed E-state index contributed by atoms with van der Waals surface area (Å²) in [5.41, 5.74) is 4.28.